The number of nitrogens with two attached hydrogens (primary N) is 1. The Morgan fingerprint density at radius 3 is 2.02 bits per heavy atom. The zero-order valence-electron chi connectivity index (χ0n) is 24.6. The maximum atomic E-state index is 13.7. The van der Waals surface area contributed by atoms with E-state index in [9.17, 15) is 34.2 Å². The van der Waals surface area contributed by atoms with Crippen molar-refractivity contribution < 1.29 is 39.3 Å². The maximum Gasteiger partial charge on any atom is 0.326 e. The molecule has 0 aliphatic carbocycles. The van der Waals surface area contributed by atoms with Crippen LogP contribution >= 0.6 is 0 Å². The van der Waals surface area contributed by atoms with Crippen LogP contribution in [0.3, 0.4) is 0 Å². The van der Waals surface area contributed by atoms with Gasteiger partial charge in [0, 0.05) is 36.4 Å². The van der Waals surface area contributed by atoms with E-state index in [2.05, 4.69) is 20.9 Å². The molecule has 0 radical (unpaired) electrons. The van der Waals surface area contributed by atoms with Crippen LogP contribution in [0.4, 0.5) is 0 Å². The highest BCUT2D eigenvalue weighted by molar-refractivity contribution is 5.95. The summed E-state index contributed by atoms with van der Waals surface area (Å²) in [6.07, 6.45) is 1.16. The summed E-state index contributed by atoms with van der Waals surface area (Å²) >= 11 is 0. The van der Waals surface area contributed by atoms with Crippen molar-refractivity contribution in [3.63, 3.8) is 0 Å². The Labute approximate surface area is 254 Å². The van der Waals surface area contributed by atoms with Gasteiger partial charge in [0.25, 0.3) is 0 Å². The van der Waals surface area contributed by atoms with Gasteiger partial charge in [-0.2, -0.15) is 0 Å². The molecular formula is C31H39N5O8. The van der Waals surface area contributed by atoms with Gasteiger partial charge in [-0.1, -0.05) is 44.2 Å². The third-order valence-electron chi connectivity index (χ3n) is 7.06. The highest BCUT2D eigenvalue weighted by atomic mass is 16.4. The summed E-state index contributed by atoms with van der Waals surface area (Å²) in [5, 5.41) is 36.8. The number of aromatic amines is 1. The van der Waals surface area contributed by atoms with Crippen LogP contribution in [0.5, 0.6) is 5.75 Å². The minimum atomic E-state index is -1.51. The van der Waals surface area contributed by atoms with Gasteiger partial charge in [-0.3, -0.25) is 19.2 Å². The first-order chi connectivity index (χ1) is 20.8. The molecule has 0 spiro atoms. The van der Waals surface area contributed by atoms with Crippen LogP contribution in [0.25, 0.3) is 10.9 Å². The van der Waals surface area contributed by atoms with Crippen LogP contribution in [0, 0.1) is 5.92 Å². The molecule has 236 valence electrons. The zero-order valence-corrected chi connectivity index (χ0v) is 24.6. The highest BCUT2D eigenvalue weighted by Crippen LogP contribution is 2.20. The minimum Gasteiger partial charge on any atom is -0.508 e. The molecule has 0 aliphatic heterocycles. The summed E-state index contributed by atoms with van der Waals surface area (Å²) in [4.78, 5) is 66.1. The lowest BCUT2D eigenvalue weighted by molar-refractivity contribution is -0.143. The fourth-order valence-corrected chi connectivity index (χ4v) is 4.77. The van der Waals surface area contributed by atoms with E-state index in [0.29, 0.717) is 17.5 Å². The number of phenolic OH excluding ortho intramolecular Hbond substituents is 1. The smallest absolute Gasteiger partial charge is 0.326 e. The van der Waals surface area contributed by atoms with E-state index in [1.165, 1.54) is 12.1 Å². The number of fused-ring (bicyclic) bond motifs is 1. The molecule has 13 heteroatoms. The monoisotopic (exact) mass is 609 g/mol. The number of amides is 3. The number of carbonyl (C=O) groups excluding carboxylic acids is 3. The number of carbonyl (C=O) groups is 5. The van der Waals surface area contributed by atoms with Gasteiger partial charge in [0.1, 0.15) is 23.9 Å². The molecule has 3 rings (SSSR count). The number of carboxylic acids is 2. The topological polar surface area (TPSA) is 224 Å². The molecule has 0 bridgehead atoms. The van der Waals surface area contributed by atoms with Gasteiger partial charge in [-0.25, -0.2) is 4.79 Å². The number of para-hydroxylation sites is 1. The van der Waals surface area contributed by atoms with Crippen molar-refractivity contribution in [2.45, 2.75) is 70.1 Å². The first-order valence-corrected chi connectivity index (χ1v) is 14.3. The minimum absolute atomic E-state index is 0.00401. The summed E-state index contributed by atoms with van der Waals surface area (Å²) in [5.41, 5.74) is 8.12. The molecule has 1 heterocycles. The van der Waals surface area contributed by atoms with E-state index in [4.69, 9.17) is 10.8 Å². The fourth-order valence-electron chi connectivity index (χ4n) is 4.77. The van der Waals surface area contributed by atoms with Crippen LogP contribution in [-0.4, -0.2) is 74.1 Å². The summed E-state index contributed by atoms with van der Waals surface area (Å²) in [6, 6.07) is 8.49. The first kappa shape index (κ1) is 33.6. The van der Waals surface area contributed by atoms with Crippen molar-refractivity contribution in [3.8, 4) is 5.75 Å². The van der Waals surface area contributed by atoms with E-state index >= 15 is 0 Å². The molecule has 1 aromatic heterocycles. The van der Waals surface area contributed by atoms with Crippen LogP contribution in [0.1, 0.15) is 44.2 Å². The molecule has 4 atom stereocenters. The highest BCUT2D eigenvalue weighted by Gasteiger charge is 2.31. The van der Waals surface area contributed by atoms with Crippen LogP contribution in [0.2, 0.25) is 0 Å². The fraction of sp³-hybridized carbons (Fsp3) is 0.387. The number of hydrogen-bond donors (Lipinski definition) is 8. The molecule has 3 amide bonds. The first-order valence-electron chi connectivity index (χ1n) is 14.3. The van der Waals surface area contributed by atoms with E-state index in [0.717, 1.165) is 10.9 Å². The molecule has 3 aromatic rings. The lowest BCUT2D eigenvalue weighted by Gasteiger charge is -2.25. The SMILES string of the molecule is CC(C)CC(N)C(=O)NC(Cc1ccc(O)cc1)C(=O)NC(Cc1c[nH]c2ccccc12)C(=O)NC(CCC(=O)O)C(=O)O. The number of aromatic nitrogens is 1. The Morgan fingerprint density at radius 2 is 1.41 bits per heavy atom. The summed E-state index contributed by atoms with van der Waals surface area (Å²) < 4.78 is 0. The molecule has 13 nitrogen and oxygen atoms in total. The second-order valence-corrected chi connectivity index (χ2v) is 11.1. The number of nitrogens with one attached hydrogen (secondary N) is 4. The van der Waals surface area contributed by atoms with E-state index in [1.807, 2.05) is 38.1 Å². The predicted molar refractivity (Wildman–Crippen MR) is 162 cm³/mol. The second-order valence-electron chi connectivity index (χ2n) is 11.1. The summed E-state index contributed by atoms with van der Waals surface area (Å²) in [6.45, 7) is 3.81. The molecule has 44 heavy (non-hydrogen) atoms. The number of aromatic hydroxyl groups is 1. The van der Waals surface area contributed by atoms with E-state index in [1.54, 1.807) is 18.3 Å². The number of aliphatic carboxylic acids is 2. The van der Waals surface area contributed by atoms with Gasteiger partial charge in [0.15, 0.2) is 0 Å². The van der Waals surface area contributed by atoms with Crippen molar-refractivity contribution in [1.29, 1.82) is 0 Å². The number of hydrogen-bond acceptors (Lipinski definition) is 7. The molecule has 0 fully saturated rings. The number of benzene rings is 2. The van der Waals surface area contributed by atoms with Gasteiger partial charge in [0.2, 0.25) is 17.7 Å². The lowest BCUT2D eigenvalue weighted by atomic mass is 10.00. The van der Waals surface area contributed by atoms with Crippen molar-refractivity contribution >= 4 is 40.6 Å². The molecule has 2 aromatic carbocycles. The van der Waals surface area contributed by atoms with Gasteiger partial charge < -0.3 is 42.0 Å². The average Bonchev–Trinajstić information content (AvgIpc) is 3.37. The normalized spacial score (nSPS) is 13.9. The Morgan fingerprint density at radius 1 is 0.818 bits per heavy atom. The quantitative estimate of drug-likeness (QED) is 0.117. The van der Waals surface area contributed by atoms with Gasteiger partial charge in [-0.15, -0.1) is 0 Å². The second kappa shape index (κ2) is 15.5. The Hall–Kier alpha value is -4.91. The van der Waals surface area contributed by atoms with Gasteiger partial charge in [0.05, 0.1) is 6.04 Å². The predicted octanol–water partition coefficient (Wildman–Crippen LogP) is 1.44. The third-order valence-corrected chi connectivity index (χ3v) is 7.06. The van der Waals surface area contributed by atoms with Crippen molar-refractivity contribution in [2.75, 3.05) is 0 Å². The molecular weight excluding hydrogens is 570 g/mol. The van der Waals surface area contributed by atoms with Crippen molar-refractivity contribution in [1.82, 2.24) is 20.9 Å². The molecule has 9 N–H and O–H groups in total. The number of carboxylic acid groups (broad SMARTS) is 2. The zero-order chi connectivity index (χ0) is 32.4. The van der Waals surface area contributed by atoms with Crippen LogP contribution in [0.15, 0.2) is 54.7 Å². The largest absolute Gasteiger partial charge is 0.508 e. The summed E-state index contributed by atoms with van der Waals surface area (Å²) in [7, 11) is 0. The Balaban J connectivity index is 1.90. The van der Waals surface area contributed by atoms with E-state index in [-0.39, 0.29) is 30.9 Å². The maximum absolute atomic E-state index is 13.7. The number of rotatable bonds is 16. The van der Waals surface area contributed by atoms with Gasteiger partial charge in [-0.05, 0) is 48.1 Å². The van der Waals surface area contributed by atoms with Crippen LogP contribution in [-0.2, 0) is 36.8 Å². The molecule has 0 saturated carbocycles. The van der Waals surface area contributed by atoms with Gasteiger partial charge >= 0.3 is 11.9 Å². The third kappa shape index (κ3) is 9.83. The number of phenols is 1. The Kier molecular flexibility index (Phi) is 11.9. The van der Waals surface area contributed by atoms with Crippen molar-refractivity contribution in [3.05, 3.63) is 65.9 Å². The molecule has 4 unspecified atom stereocenters. The Bertz CT molecular complexity index is 1470. The molecule has 0 aliphatic rings. The lowest BCUT2D eigenvalue weighted by Crippen LogP contribution is -2.58. The van der Waals surface area contributed by atoms with Crippen molar-refractivity contribution in [2.24, 2.45) is 11.7 Å². The molecule has 0 saturated heterocycles. The standard InChI is InChI=1S/C31H39N5O8/c1-17(2)13-22(32)28(40)35-25(14-18-7-9-20(37)10-8-18)29(41)36-26(15-19-16-33-23-6-4-3-5-21(19)23)30(42)34-24(31(43)44)11-12-27(38)39/h3-10,16-17,22,24-26,33,37H,11-15,32H2,1-2H3,(H,34,42)(H,35,40)(H,36,41)(H,38,39)(H,43,44). The number of H-pyrrole nitrogens is 1. The summed E-state index contributed by atoms with van der Waals surface area (Å²) in [5.74, 6) is -4.63. The average molecular weight is 610 g/mol. The van der Waals surface area contributed by atoms with E-state index < -0.39 is 60.2 Å². The van der Waals surface area contributed by atoms with Crippen LogP contribution < -0.4 is 21.7 Å².